The van der Waals surface area contributed by atoms with Gasteiger partial charge in [0.05, 0.1) is 6.10 Å². The molecule has 0 saturated heterocycles. The lowest BCUT2D eigenvalue weighted by Gasteiger charge is -2.14. The quantitative estimate of drug-likeness (QED) is 0.650. The molecule has 14 heavy (non-hydrogen) atoms. The fourth-order valence-corrected chi connectivity index (χ4v) is 1.26. The lowest BCUT2D eigenvalue weighted by atomic mass is 10.1. The summed E-state index contributed by atoms with van der Waals surface area (Å²) < 4.78 is 0. The summed E-state index contributed by atoms with van der Waals surface area (Å²) in [6, 6.07) is 0.0194. The van der Waals surface area contributed by atoms with Gasteiger partial charge in [-0.15, -0.1) is 0 Å². The number of anilines is 1. The average Bonchev–Trinajstić information content (AvgIpc) is 2.07. The fourth-order valence-electron chi connectivity index (χ4n) is 1.26. The molecule has 78 valence electrons. The highest BCUT2D eigenvalue weighted by molar-refractivity contribution is 5.31. The van der Waals surface area contributed by atoms with Crippen molar-refractivity contribution in [2.75, 3.05) is 5.32 Å². The van der Waals surface area contributed by atoms with E-state index in [9.17, 15) is 4.79 Å². The molecule has 0 aliphatic rings. The first-order chi connectivity index (χ1) is 6.59. The van der Waals surface area contributed by atoms with E-state index in [1.165, 1.54) is 12.4 Å². The monoisotopic (exact) mass is 197 g/mol. The molecule has 3 N–H and O–H groups in total. The van der Waals surface area contributed by atoms with Crippen molar-refractivity contribution in [3.05, 3.63) is 22.7 Å². The Kier molecular flexibility index (Phi) is 3.64. The topological polar surface area (TPSA) is 78.0 Å². The first-order valence-electron chi connectivity index (χ1n) is 4.58. The van der Waals surface area contributed by atoms with Crippen LogP contribution in [0.25, 0.3) is 0 Å². The summed E-state index contributed by atoms with van der Waals surface area (Å²) in [5, 5.41) is 12.1. The van der Waals surface area contributed by atoms with Crippen LogP contribution >= 0.6 is 0 Å². The summed E-state index contributed by atoms with van der Waals surface area (Å²) in [4.78, 5) is 17.6. The second-order valence-corrected chi connectivity index (χ2v) is 3.40. The molecule has 1 rings (SSSR count). The van der Waals surface area contributed by atoms with Gasteiger partial charge in [0, 0.05) is 18.4 Å². The first-order valence-corrected chi connectivity index (χ1v) is 4.58. The van der Waals surface area contributed by atoms with Crippen molar-refractivity contribution in [2.24, 2.45) is 0 Å². The van der Waals surface area contributed by atoms with Crippen molar-refractivity contribution in [3.63, 3.8) is 0 Å². The Balaban J connectivity index is 2.60. The molecule has 0 fully saturated rings. The molecule has 1 aromatic rings. The zero-order valence-corrected chi connectivity index (χ0v) is 8.32. The minimum Gasteiger partial charge on any atom is -0.393 e. The summed E-state index contributed by atoms with van der Waals surface area (Å²) in [6.07, 6.45) is 3.18. The molecular formula is C9H15N3O2. The highest BCUT2D eigenvalue weighted by Crippen LogP contribution is 2.02. The molecule has 0 bridgehead atoms. The number of nitrogens with zero attached hydrogens (tertiary/aromatic N) is 1. The summed E-state index contributed by atoms with van der Waals surface area (Å²) in [5.74, 6) is 0.292. The molecule has 1 heterocycles. The Morgan fingerprint density at radius 1 is 1.64 bits per heavy atom. The highest BCUT2D eigenvalue weighted by Gasteiger charge is 2.08. The van der Waals surface area contributed by atoms with E-state index in [0.717, 1.165) is 0 Å². The van der Waals surface area contributed by atoms with Gasteiger partial charge < -0.3 is 15.4 Å². The van der Waals surface area contributed by atoms with Crippen molar-refractivity contribution < 1.29 is 5.11 Å². The van der Waals surface area contributed by atoms with Crippen LogP contribution in [0.4, 0.5) is 5.82 Å². The van der Waals surface area contributed by atoms with Crippen LogP contribution in [0.2, 0.25) is 0 Å². The summed E-state index contributed by atoms with van der Waals surface area (Å²) in [5.41, 5.74) is -0.245. The standard InChI is InChI=1S/C9H15N3O2/c1-6(5-7(2)13)12-8-9(14)11-4-3-10-8/h3-4,6-7,13H,5H2,1-2H3,(H,10,12)(H,11,14). The minimum absolute atomic E-state index is 0.0194. The van der Waals surface area contributed by atoms with Gasteiger partial charge >= 0.3 is 0 Å². The summed E-state index contributed by atoms with van der Waals surface area (Å²) in [7, 11) is 0. The van der Waals surface area contributed by atoms with Crippen molar-refractivity contribution in [3.8, 4) is 0 Å². The number of hydrogen-bond acceptors (Lipinski definition) is 4. The third kappa shape index (κ3) is 3.18. The number of nitrogens with one attached hydrogen (secondary N) is 2. The molecule has 0 aromatic carbocycles. The molecule has 2 atom stereocenters. The lowest BCUT2D eigenvalue weighted by Crippen LogP contribution is -2.25. The van der Waals surface area contributed by atoms with Gasteiger partial charge in [0.1, 0.15) is 0 Å². The largest absolute Gasteiger partial charge is 0.393 e. The zero-order valence-electron chi connectivity index (χ0n) is 8.32. The Bertz CT molecular complexity index is 335. The molecule has 0 spiro atoms. The van der Waals surface area contributed by atoms with Gasteiger partial charge in [-0.05, 0) is 20.3 Å². The molecule has 0 saturated carbocycles. The number of H-pyrrole nitrogens is 1. The molecule has 5 nitrogen and oxygen atoms in total. The van der Waals surface area contributed by atoms with Crippen LogP contribution in [0.15, 0.2) is 17.2 Å². The summed E-state index contributed by atoms with van der Waals surface area (Å²) in [6.45, 7) is 3.60. The minimum atomic E-state index is -0.389. The van der Waals surface area contributed by atoms with E-state index in [2.05, 4.69) is 15.3 Å². The molecule has 2 unspecified atom stereocenters. The maximum atomic E-state index is 11.2. The number of aliphatic hydroxyl groups excluding tert-OH is 1. The van der Waals surface area contributed by atoms with Crippen LogP contribution in [0, 0.1) is 0 Å². The van der Waals surface area contributed by atoms with Crippen LogP contribution in [0.1, 0.15) is 20.3 Å². The Morgan fingerprint density at radius 2 is 2.36 bits per heavy atom. The number of hydrogen-bond donors (Lipinski definition) is 3. The Morgan fingerprint density at radius 3 is 2.93 bits per heavy atom. The molecule has 0 radical (unpaired) electrons. The Labute approximate surface area is 82.2 Å². The molecule has 0 aliphatic heterocycles. The SMILES string of the molecule is CC(O)CC(C)Nc1ncc[nH]c1=O. The average molecular weight is 197 g/mol. The third-order valence-corrected chi connectivity index (χ3v) is 1.79. The van der Waals surface area contributed by atoms with Crippen LogP contribution < -0.4 is 10.9 Å². The van der Waals surface area contributed by atoms with Crippen molar-refractivity contribution in [2.45, 2.75) is 32.4 Å². The van der Waals surface area contributed by atoms with Gasteiger partial charge in [0.25, 0.3) is 5.56 Å². The second-order valence-electron chi connectivity index (χ2n) is 3.40. The smallest absolute Gasteiger partial charge is 0.290 e. The van der Waals surface area contributed by atoms with E-state index in [1.54, 1.807) is 6.92 Å². The first kappa shape index (κ1) is 10.7. The van der Waals surface area contributed by atoms with Crippen LogP contribution in [0.5, 0.6) is 0 Å². The predicted molar refractivity (Wildman–Crippen MR) is 54.2 cm³/mol. The maximum Gasteiger partial charge on any atom is 0.290 e. The van der Waals surface area contributed by atoms with Gasteiger partial charge in [0.2, 0.25) is 0 Å². The molecule has 1 aromatic heterocycles. The molecular weight excluding hydrogens is 182 g/mol. The van der Waals surface area contributed by atoms with Gasteiger partial charge in [-0.1, -0.05) is 0 Å². The number of aliphatic hydroxyl groups is 1. The van der Waals surface area contributed by atoms with E-state index in [1.807, 2.05) is 6.92 Å². The van der Waals surface area contributed by atoms with E-state index < -0.39 is 0 Å². The summed E-state index contributed by atoms with van der Waals surface area (Å²) >= 11 is 0. The molecule has 0 amide bonds. The van der Waals surface area contributed by atoms with Gasteiger partial charge in [0.15, 0.2) is 5.82 Å². The van der Waals surface area contributed by atoms with Crippen LogP contribution in [0.3, 0.4) is 0 Å². The predicted octanol–water partition coefficient (Wildman–Crippen LogP) is 0.341. The molecule has 0 aliphatic carbocycles. The lowest BCUT2D eigenvalue weighted by molar-refractivity contribution is 0.179. The second kappa shape index (κ2) is 4.76. The van der Waals surface area contributed by atoms with Gasteiger partial charge in [-0.2, -0.15) is 0 Å². The van der Waals surface area contributed by atoms with Crippen molar-refractivity contribution in [1.29, 1.82) is 0 Å². The van der Waals surface area contributed by atoms with Crippen LogP contribution in [-0.4, -0.2) is 27.2 Å². The number of rotatable bonds is 4. The number of aromatic nitrogens is 2. The van der Waals surface area contributed by atoms with E-state index in [-0.39, 0.29) is 17.7 Å². The van der Waals surface area contributed by atoms with Gasteiger partial charge in [-0.25, -0.2) is 4.98 Å². The van der Waals surface area contributed by atoms with Crippen LogP contribution in [-0.2, 0) is 0 Å². The van der Waals surface area contributed by atoms with Crippen molar-refractivity contribution >= 4 is 5.82 Å². The number of aromatic amines is 1. The zero-order chi connectivity index (χ0) is 10.6. The van der Waals surface area contributed by atoms with E-state index >= 15 is 0 Å². The van der Waals surface area contributed by atoms with Crippen molar-refractivity contribution in [1.82, 2.24) is 9.97 Å². The van der Waals surface area contributed by atoms with E-state index in [4.69, 9.17) is 5.11 Å². The third-order valence-electron chi connectivity index (χ3n) is 1.79. The molecule has 5 heteroatoms. The fraction of sp³-hybridized carbons (Fsp3) is 0.556. The maximum absolute atomic E-state index is 11.2. The normalized spacial score (nSPS) is 14.8. The highest BCUT2D eigenvalue weighted by atomic mass is 16.3. The Hall–Kier alpha value is -1.36. The van der Waals surface area contributed by atoms with Gasteiger partial charge in [-0.3, -0.25) is 4.79 Å². The van der Waals surface area contributed by atoms with E-state index in [0.29, 0.717) is 12.2 Å².